The highest BCUT2D eigenvalue weighted by Gasteiger charge is 2.36. The molecular formula is C16H13Cl2N. The molecule has 0 amide bonds. The first-order chi connectivity index (χ1) is 9.20. The van der Waals surface area contributed by atoms with Gasteiger partial charge in [0.15, 0.2) is 0 Å². The summed E-state index contributed by atoms with van der Waals surface area (Å²) in [6, 6.07) is 18.0. The van der Waals surface area contributed by atoms with Crippen LogP contribution in [0.3, 0.4) is 0 Å². The highest BCUT2D eigenvalue weighted by atomic mass is 35.5. The van der Waals surface area contributed by atoms with E-state index in [1.54, 1.807) is 0 Å². The van der Waals surface area contributed by atoms with E-state index in [0.29, 0.717) is 5.17 Å². The molecule has 0 N–H and O–H groups in total. The average molecular weight is 290 g/mol. The van der Waals surface area contributed by atoms with Crippen LogP contribution >= 0.6 is 23.2 Å². The molecule has 1 aliphatic heterocycles. The molecule has 1 atom stereocenters. The molecule has 0 spiro atoms. The quantitative estimate of drug-likeness (QED) is 0.653. The van der Waals surface area contributed by atoms with E-state index in [1.165, 1.54) is 5.56 Å². The molecule has 0 radical (unpaired) electrons. The number of nitrogens with zero attached hydrogens (tertiary/aromatic N) is 1. The van der Waals surface area contributed by atoms with E-state index in [1.807, 2.05) is 48.5 Å². The summed E-state index contributed by atoms with van der Waals surface area (Å²) in [5.41, 5.74) is 3.11. The largest absolute Gasteiger partial charge is 0.239 e. The minimum Gasteiger partial charge on any atom is -0.239 e. The van der Waals surface area contributed by atoms with Crippen molar-refractivity contribution in [2.45, 2.75) is 17.7 Å². The minimum absolute atomic E-state index is 0.449. The summed E-state index contributed by atoms with van der Waals surface area (Å²) in [4.78, 5) is 3.80. The Balaban J connectivity index is 2.08. The molecule has 19 heavy (non-hydrogen) atoms. The summed E-state index contributed by atoms with van der Waals surface area (Å²) in [5, 5.41) is 0.449. The van der Waals surface area contributed by atoms with Crippen LogP contribution in [-0.4, -0.2) is 5.17 Å². The van der Waals surface area contributed by atoms with Crippen LogP contribution in [0, 0.1) is 0 Å². The SMILES string of the molecule is ClC1=Nc2ccccc2CC[C@@]1(Cl)c1ccccc1. The highest BCUT2D eigenvalue weighted by molar-refractivity contribution is 6.72. The van der Waals surface area contributed by atoms with Gasteiger partial charge in [-0.1, -0.05) is 60.1 Å². The van der Waals surface area contributed by atoms with Crippen LogP contribution in [0.2, 0.25) is 0 Å². The van der Waals surface area contributed by atoms with Crippen molar-refractivity contribution in [1.29, 1.82) is 0 Å². The zero-order valence-electron chi connectivity index (χ0n) is 10.3. The molecule has 2 aromatic carbocycles. The Labute approximate surface area is 122 Å². The van der Waals surface area contributed by atoms with E-state index in [0.717, 1.165) is 24.1 Å². The molecule has 1 nitrogen and oxygen atoms in total. The maximum atomic E-state index is 6.78. The van der Waals surface area contributed by atoms with E-state index < -0.39 is 4.87 Å². The molecule has 0 aliphatic carbocycles. The smallest absolute Gasteiger partial charge is 0.132 e. The van der Waals surface area contributed by atoms with Gasteiger partial charge in [0.1, 0.15) is 10.0 Å². The van der Waals surface area contributed by atoms with Crippen LogP contribution in [0.1, 0.15) is 17.5 Å². The van der Waals surface area contributed by atoms with E-state index >= 15 is 0 Å². The minimum atomic E-state index is -0.720. The van der Waals surface area contributed by atoms with E-state index in [-0.39, 0.29) is 0 Å². The summed E-state index contributed by atoms with van der Waals surface area (Å²) in [6.45, 7) is 0. The van der Waals surface area contributed by atoms with Crippen LogP contribution < -0.4 is 0 Å². The predicted octanol–water partition coefficient (Wildman–Crippen LogP) is 5.04. The van der Waals surface area contributed by atoms with Crippen molar-refractivity contribution in [2.24, 2.45) is 4.99 Å². The Kier molecular flexibility index (Phi) is 3.34. The van der Waals surface area contributed by atoms with Gasteiger partial charge in [-0.05, 0) is 30.0 Å². The molecule has 3 rings (SSSR count). The third-order valence-electron chi connectivity index (χ3n) is 3.51. The molecule has 0 bridgehead atoms. The number of aliphatic imine (C=N–C) groups is 1. The molecule has 0 saturated heterocycles. The summed E-state index contributed by atoms with van der Waals surface area (Å²) in [6.07, 6.45) is 1.62. The van der Waals surface area contributed by atoms with Crippen LogP contribution in [0.4, 0.5) is 5.69 Å². The van der Waals surface area contributed by atoms with Crippen LogP contribution in [0.5, 0.6) is 0 Å². The van der Waals surface area contributed by atoms with Gasteiger partial charge in [-0.15, -0.1) is 11.6 Å². The Morgan fingerprint density at radius 1 is 0.947 bits per heavy atom. The van der Waals surface area contributed by atoms with Crippen LogP contribution in [-0.2, 0) is 11.3 Å². The lowest BCUT2D eigenvalue weighted by molar-refractivity contribution is 0.717. The maximum Gasteiger partial charge on any atom is 0.132 e. The average Bonchev–Trinajstić information content (AvgIpc) is 2.59. The first-order valence-electron chi connectivity index (χ1n) is 6.27. The molecule has 0 fully saturated rings. The Bertz CT molecular complexity index is 622. The van der Waals surface area contributed by atoms with Gasteiger partial charge in [0, 0.05) is 0 Å². The molecule has 96 valence electrons. The third kappa shape index (κ3) is 2.29. The Hall–Kier alpha value is -1.31. The maximum absolute atomic E-state index is 6.78. The molecule has 0 saturated carbocycles. The summed E-state index contributed by atoms with van der Waals surface area (Å²) >= 11 is 13.2. The van der Waals surface area contributed by atoms with Crippen molar-refractivity contribution in [1.82, 2.24) is 0 Å². The number of halogens is 2. The fourth-order valence-corrected chi connectivity index (χ4v) is 2.96. The fourth-order valence-electron chi connectivity index (χ4n) is 2.40. The summed E-state index contributed by atoms with van der Waals surface area (Å²) < 4.78 is 0. The molecule has 3 heteroatoms. The third-order valence-corrected chi connectivity index (χ3v) is 4.60. The normalized spacial score (nSPS) is 22.3. The zero-order chi connectivity index (χ0) is 13.3. The molecule has 0 aromatic heterocycles. The van der Waals surface area contributed by atoms with Gasteiger partial charge in [-0.3, -0.25) is 0 Å². The second kappa shape index (κ2) is 4.99. The lowest BCUT2D eigenvalue weighted by Crippen LogP contribution is -2.26. The number of hydrogen-bond donors (Lipinski definition) is 0. The van der Waals surface area contributed by atoms with Crippen molar-refractivity contribution >= 4 is 34.1 Å². The number of hydrogen-bond acceptors (Lipinski definition) is 1. The van der Waals surface area contributed by atoms with Crippen molar-refractivity contribution < 1.29 is 0 Å². The molecule has 1 aliphatic rings. The number of rotatable bonds is 1. The van der Waals surface area contributed by atoms with Crippen LogP contribution in [0.25, 0.3) is 0 Å². The van der Waals surface area contributed by atoms with Crippen molar-refractivity contribution in [3.8, 4) is 0 Å². The Morgan fingerprint density at radius 3 is 2.42 bits per heavy atom. The van der Waals surface area contributed by atoms with Crippen molar-refractivity contribution in [3.05, 3.63) is 65.7 Å². The second-order valence-electron chi connectivity index (χ2n) is 4.70. The van der Waals surface area contributed by atoms with Crippen molar-refractivity contribution in [3.63, 3.8) is 0 Å². The first kappa shape index (κ1) is 12.7. The van der Waals surface area contributed by atoms with Gasteiger partial charge >= 0.3 is 0 Å². The number of benzene rings is 2. The van der Waals surface area contributed by atoms with Gasteiger partial charge in [0.25, 0.3) is 0 Å². The number of aryl methyl sites for hydroxylation is 1. The van der Waals surface area contributed by atoms with E-state index in [4.69, 9.17) is 23.2 Å². The monoisotopic (exact) mass is 289 g/mol. The van der Waals surface area contributed by atoms with Gasteiger partial charge < -0.3 is 0 Å². The number of fused-ring (bicyclic) bond motifs is 1. The van der Waals surface area contributed by atoms with Gasteiger partial charge in [-0.2, -0.15) is 0 Å². The lowest BCUT2D eigenvalue weighted by atomic mass is 9.93. The second-order valence-corrected chi connectivity index (χ2v) is 5.70. The summed E-state index contributed by atoms with van der Waals surface area (Å²) in [7, 11) is 0. The number of alkyl halides is 1. The summed E-state index contributed by atoms with van der Waals surface area (Å²) in [5.74, 6) is 0. The highest BCUT2D eigenvalue weighted by Crippen LogP contribution is 2.41. The predicted molar refractivity (Wildman–Crippen MR) is 81.7 cm³/mol. The first-order valence-corrected chi connectivity index (χ1v) is 7.03. The van der Waals surface area contributed by atoms with Gasteiger partial charge in [0.05, 0.1) is 5.69 Å². The zero-order valence-corrected chi connectivity index (χ0v) is 11.8. The Morgan fingerprint density at radius 2 is 1.63 bits per heavy atom. The van der Waals surface area contributed by atoms with E-state index in [2.05, 4.69) is 11.1 Å². The fraction of sp³-hybridized carbons (Fsp3) is 0.188. The number of para-hydroxylation sites is 1. The molecule has 2 aromatic rings. The van der Waals surface area contributed by atoms with Crippen LogP contribution in [0.15, 0.2) is 59.6 Å². The molecular weight excluding hydrogens is 277 g/mol. The van der Waals surface area contributed by atoms with Crippen molar-refractivity contribution in [2.75, 3.05) is 0 Å². The molecule has 0 unspecified atom stereocenters. The topological polar surface area (TPSA) is 12.4 Å². The van der Waals surface area contributed by atoms with Gasteiger partial charge in [-0.25, -0.2) is 4.99 Å². The lowest BCUT2D eigenvalue weighted by Gasteiger charge is -2.24. The van der Waals surface area contributed by atoms with E-state index in [9.17, 15) is 0 Å². The standard InChI is InChI=1S/C16H13Cl2N/c17-15-16(18,13-7-2-1-3-8-13)11-10-12-6-4-5-9-14(12)19-15/h1-9H,10-11H2/t16-/m1/s1. The molecule has 1 heterocycles. The van der Waals surface area contributed by atoms with Gasteiger partial charge in [0.2, 0.25) is 0 Å².